The number of ether oxygens (including phenoxy) is 1. The second-order valence-electron chi connectivity index (χ2n) is 4.52. The lowest BCUT2D eigenvalue weighted by atomic mass is 10.1. The van der Waals surface area contributed by atoms with Crippen LogP contribution in [-0.4, -0.2) is 31.2 Å². The maximum Gasteiger partial charge on any atom is 0.234 e. The van der Waals surface area contributed by atoms with E-state index in [1.165, 1.54) is 0 Å². The van der Waals surface area contributed by atoms with Crippen molar-refractivity contribution in [3.63, 3.8) is 0 Å². The first-order valence-corrected chi connectivity index (χ1v) is 6.13. The van der Waals surface area contributed by atoms with E-state index in [9.17, 15) is 4.79 Å². The Morgan fingerprint density at radius 3 is 2.44 bits per heavy atom. The zero-order valence-corrected chi connectivity index (χ0v) is 11.0. The summed E-state index contributed by atoms with van der Waals surface area (Å²) in [6.45, 7) is 9.72. The Bertz CT molecular complexity index is 195. The zero-order chi connectivity index (χ0) is 12.6. The molecule has 0 aromatic rings. The van der Waals surface area contributed by atoms with Crippen molar-refractivity contribution < 1.29 is 9.53 Å². The maximum absolute atomic E-state index is 11.1. The maximum atomic E-state index is 11.1. The first-order valence-electron chi connectivity index (χ1n) is 6.13. The summed E-state index contributed by atoms with van der Waals surface area (Å²) in [5.74, 6) is 0.199. The third-order valence-electron chi connectivity index (χ3n) is 2.71. The van der Waals surface area contributed by atoms with Gasteiger partial charge in [-0.2, -0.15) is 0 Å². The molecule has 0 aromatic carbocycles. The Morgan fingerprint density at radius 1 is 1.38 bits per heavy atom. The molecule has 0 radical (unpaired) electrons. The van der Waals surface area contributed by atoms with Crippen molar-refractivity contribution in [3.8, 4) is 0 Å². The zero-order valence-electron chi connectivity index (χ0n) is 11.0. The third kappa shape index (κ3) is 6.80. The van der Waals surface area contributed by atoms with E-state index in [1.807, 2.05) is 6.92 Å². The molecule has 96 valence electrons. The fraction of sp³-hybridized carbons (Fsp3) is 0.917. The van der Waals surface area contributed by atoms with Gasteiger partial charge in [-0.25, -0.2) is 0 Å². The molecule has 0 saturated carbocycles. The topological polar surface area (TPSA) is 64.3 Å². The van der Waals surface area contributed by atoms with Gasteiger partial charge >= 0.3 is 0 Å². The molecule has 1 amide bonds. The standard InChI is InChI=1S/C12H26N2O2/c1-5-7-14-11(12(13)15)6-8-16-10(4)9(2)3/h9-11,14H,5-8H2,1-4H3,(H2,13,15). The average Bonchev–Trinajstić information content (AvgIpc) is 2.21. The van der Waals surface area contributed by atoms with Crippen molar-refractivity contribution >= 4 is 5.91 Å². The van der Waals surface area contributed by atoms with Crippen molar-refractivity contribution in [2.24, 2.45) is 11.7 Å². The predicted octanol–water partition coefficient (Wildman–Crippen LogP) is 1.29. The van der Waals surface area contributed by atoms with Crippen molar-refractivity contribution in [3.05, 3.63) is 0 Å². The molecule has 2 unspecified atom stereocenters. The van der Waals surface area contributed by atoms with Crippen molar-refractivity contribution in [2.75, 3.05) is 13.2 Å². The van der Waals surface area contributed by atoms with E-state index in [2.05, 4.69) is 26.1 Å². The average molecular weight is 230 g/mol. The smallest absolute Gasteiger partial charge is 0.234 e. The van der Waals surface area contributed by atoms with Crippen LogP contribution in [0.3, 0.4) is 0 Å². The van der Waals surface area contributed by atoms with Crippen LogP contribution >= 0.6 is 0 Å². The van der Waals surface area contributed by atoms with Gasteiger partial charge in [-0.15, -0.1) is 0 Å². The summed E-state index contributed by atoms with van der Waals surface area (Å²) in [4.78, 5) is 11.1. The molecule has 4 nitrogen and oxygen atoms in total. The minimum Gasteiger partial charge on any atom is -0.378 e. The number of nitrogens with two attached hydrogens (primary N) is 1. The van der Waals surface area contributed by atoms with Gasteiger partial charge in [-0.1, -0.05) is 20.8 Å². The minimum atomic E-state index is -0.297. The molecule has 0 saturated heterocycles. The van der Waals surface area contributed by atoms with Gasteiger partial charge in [0, 0.05) is 6.61 Å². The molecule has 0 aromatic heterocycles. The molecule has 0 rings (SSSR count). The van der Waals surface area contributed by atoms with E-state index in [0.717, 1.165) is 13.0 Å². The van der Waals surface area contributed by atoms with Gasteiger partial charge in [-0.3, -0.25) is 4.79 Å². The SMILES string of the molecule is CCCNC(CCOC(C)C(C)C)C(N)=O. The number of rotatable bonds is 9. The van der Waals surface area contributed by atoms with E-state index in [4.69, 9.17) is 10.5 Å². The molecule has 4 heteroatoms. The first-order chi connectivity index (χ1) is 7.49. The number of nitrogens with one attached hydrogen (secondary N) is 1. The molecular weight excluding hydrogens is 204 g/mol. The predicted molar refractivity (Wildman–Crippen MR) is 66.1 cm³/mol. The number of carbonyl (C=O) groups excluding carboxylic acids is 1. The minimum absolute atomic E-state index is 0.222. The van der Waals surface area contributed by atoms with Crippen LogP contribution in [0.5, 0.6) is 0 Å². The highest BCUT2D eigenvalue weighted by Gasteiger charge is 2.15. The Balaban J connectivity index is 3.80. The number of amides is 1. The van der Waals surface area contributed by atoms with E-state index in [0.29, 0.717) is 18.9 Å². The summed E-state index contributed by atoms with van der Waals surface area (Å²) < 4.78 is 5.62. The van der Waals surface area contributed by atoms with Crippen LogP contribution in [0.15, 0.2) is 0 Å². The molecule has 0 aliphatic carbocycles. The normalized spacial score (nSPS) is 15.1. The Hall–Kier alpha value is -0.610. The van der Waals surface area contributed by atoms with Crippen LogP contribution in [0, 0.1) is 5.92 Å². The van der Waals surface area contributed by atoms with Crippen molar-refractivity contribution in [1.82, 2.24) is 5.32 Å². The van der Waals surface area contributed by atoms with Crippen LogP contribution in [0.1, 0.15) is 40.5 Å². The summed E-state index contributed by atoms with van der Waals surface area (Å²) in [6, 6.07) is -0.265. The van der Waals surface area contributed by atoms with E-state index >= 15 is 0 Å². The lowest BCUT2D eigenvalue weighted by molar-refractivity contribution is -0.120. The van der Waals surface area contributed by atoms with Crippen molar-refractivity contribution in [1.29, 1.82) is 0 Å². The summed E-state index contributed by atoms with van der Waals surface area (Å²) >= 11 is 0. The number of carbonyl (C=O) groups is 1. The second-order valence-corrected chi connectivity index (χ2v) is 4.52. The molecule has 0 spiro atoms. The summed E-state index contributed by atoms with van der Waals surface area (Å²) in [5.41, 5.74) is 5.30. The lowest BCUT2D eigenvalue weighted by Gasteiger charge is -2.19. The molecule has 0 aliphatic rings. The Kier molecular flexibility index (Phi) is 8.21. The van der Waals surface area contributed by atoms with Gasteiger partial charge in [0.25, 0.3) is 0 Å². The van der Waals surface area contributed by atoms with Gasteiger partial charge in [-0.05, 0) is 32.2 Å². The molecule has 3 N–H and O–H groups in total. The van der Waals surface area contributed by atoms with Crippen molar-refractivity contribution in [2.45, 2.75) is 52.7 Å². The van der Waals surface area contributed by atoms with Crippen LogP contribution in [-0.2, 0) is 9.53 Å². The fourth-order valence-electron chi connectivity index (χ4n) is 1.23. The molecular formula is C12H26N2O2. The van der Waals surface area contributed by atoms with E-state index < -0.39 is 0 Å². The summed E-state index contributed by atoms with van der Waals surface area (Å²) in [6.07, 6.45) is 1.86. The molecule has 16 heavy (non-hydrogen) atoms. The number of hydrogen-bond acceptors (Lipinski definition) is 3. The molecule has 0 fully saturated rings. The fourth-order valence-corrected chi connectivity index (χ4v) is 1.23. The number of hydrogen-bond donors (Lipinski definition) is 2. The van der Waals surface area contributed by atoms with Gasteiger partial charge < -0.3 is 15.8 Å². The van der Waals surface area contributed by atoms with Crippen LogP contribution in [0.25, 0.3) is 0 Å². The Morgan fingerprint density at radius 2 is 2.00 bits per heavy atom. The van der Waals surface area contributed by atoms with Gasteiger partial charge in [0.05, 0.1) is 12.1 Å². The summed E-state index contributed by atoms with van der Waals surface area (Å²) in [7, 11) is 0. The largest absolute Gasteiger partial charge is 0.378 e. The molecule has 0 aliphatic heterocycles. The van der Waals surface area contributed by atoms with Crippen LogP contribution in [0.2, 0.25) is 0 Å². The second kappa shape index (κ2) is 8.53. The highest BCUT2D eigenvalue weighted by atomic mass is 16.5. The van der Waals surface area contributed by atoms with Gasteiger partial charge in [0.1, 0.15) is 0 Å². The quantitative estimate of drug-likeness (QED) is 0.627. The van der Waals surface area contributed by atoms with Crippen LogP contribution < -0.4 is 11.1 Å². The van der Waals surface area contributed by atoms with E-state index in [-0.39, 0.29) is 18.1 Å². The highest BCUT2D eigenvalue weighted by molar-refractivity contribution is 5.79. The molecule has 0 bridgehead atoms. The third-order valence-corrected chi connectivity index (χ3v) is 2.71. The molecule has 2 atom stereocenters. The molecule has 0 heterocycles. The summed E-state index contributed by atoms with van der Waals surface area (Å²) in [5, 5.41) is 3.12. The van der Waals surface area contributed by atoms with Gasteiger partial charge in [0.15, 0.2) is 0 Å². The number of primary amides is 1. The lowest BCUT2D eigenvalue weighted by Crippen LogP contribution is -2.42. The monoisotopic (exact) mass is 230 g/mol. The Labute approximate surface area is 98.9 Å². The first kappa shape index (κ1) is 15.4. The van der Waals surface area contributed by atoms with Gasteiger partial charge in [0.2, 0.25) is 5.91 Å². The highest BCUT2D eigenvalue weighted by Crippen LogP contribution is 2.06. The van der Waals surface area contributed by atoms with Crippen LogP contribution in [0.4, 0.5) is 0 Å². The van der Waals surface area contributed by atoms with E-state index in [1.54, 1.807) is 0 Å².